The van der Waals surface area contributed by atoms with Crippen molar-refractivity contribution in [3.05, 3.63) is 23.9 Å². The average Bonchev–Trinajstić information content (AvgIpc) is 2.72. The molecule has 0 aromatic carbocycles. The van der Waals surface area contributed by atoms with Crippen LogP contribution in [0.3, 0.4) is 0 Å². The summed E-state index contributed by atoms with van der Waals surface area (Å²) in [5, 5.41) is 10.4. The number of hydrogen-bond donors (Lipinski definition) is 3. The number of piperidine rings is 1. The van der Waals surface area contributed by atoms with Gasteiger partial charge < -0.3 is 4.90 Å². The summed E-state index contributed by atoms with van der Waals surface area (Å²) in [5.41, 5.74) is 1.44. The monoisotopic (exact) mass is 206 g/mol. The highest BCUT2D eigenvalue weighted by atomic mass is 15.4. The molecule has 82 valence electrons. The fraction of sp³-hybridized carbons (Fsp3) is 0.636. The number of hydrogen-bond acceptors (Lipinski definition) is 4. The lowest BCUT2D eigenvalue weighted by Gasteiger charge is -2.39. The maximum Gasteiger partial charge on any atom is 0.112 e. The Kier molecular flexibility index (Phi) is 2.27. The molecule has 0 saturated carbocycles. The Labute approximate surface area is 90.4 Å². The van der Waals surface area contributed by atoms with Gasteiger partial charge in [0.2, 0.25) is 0 Å². The van der Waals surface area contributed by atoms with Crippen LogP contribution in [0.5, 0.6) is 0 Å². The lowest BCUT2D eigenvalue weighted by Crippen LogP contribution is -2.49. The highest BCUT2D eigenvalue weighted by Crippen LogP contribution is 2.26. The van der Waals surface area contributed by atoms with Crippen molar-refractivity contribution in [2.75, 3.05) is 20.1 Å². The molecule has 2 fully saturated rings. The van der Waals surface area contributed by atoms with Crippen LogP contribution in [0.4, 0.5) is 0 Å². The summed E-state index contributed by atoms with van der Waals surface area (Å²) in [5.74, 6) is 0. The van der Waals surface area contributed by atoms with Crippen LogP contribution in [0.25, 0.3) is 0 Å². The topological polar surface area (TPSA) is 39.3 Å². The van der Waals surface area contributed by atoms with E-state index in [0.717, 1.165) is 6.54 Å². The standard InChI is InChI=1S/C11H18N4/c1-12-11-13-8-5-7-15-6-3-2-4-9(15)10(8)14-11/h2-4,8,10-14H,5-7H2,1H3. The van der Waals surface area contributed by atoms with Crippen LogP contribution in [0.15, 0.2) is 23.9 Å². The Morgan fingerprint density at radius 2 is 2.40 bits per heavy atom. The summed E-state index contributed by atoms with van der Waals surface area (Å²) in [4.78, 5) is 2.47. The van der Waals surface area contributed by atoms with Crippen LogP contribution in [-0.4, -0.2) is 43.4 Å². The van der Waals surface area contributed by atoms with Gasteiger partial charge >= 0.3 is 0 Å². The van der Waals surface area contributed by atoms with Gasteiger partial charge in [-0.3, -0.25) is 16.0 Å². The zero-order chi connectivity index (χ0) is 10.3. The molecule has 3 atom stereocenters. The van der Waals surface area contributed by atoms with Gasteiger partial charge in [-0.05, 0) is 19.5 Å². The lowest BCUT2D eigenvalue weighted by molar-refractivity contribution is 0.265. The number of allylic oxidation sites excluding steroid dienone is 2. The van der Waals surface area contributed by atoms with Crippen LogP contribution in [0, 0.1) is 0 Å². The van der Waals surface area contributed by atoms with E-state index < -0.39 is 0 Å². The van der Waals surface area contributed by atoms with Crippen LogP contribution in [-0.2, 0) is 0 Å². The minimum Gasteiger partial charge on any atom is -0.370 e. The van der Waals surface area contributed by atoms with Crippen LogP contribution < -0.4 is 16.0 Å². The maximum atomic E-state index is 3.58. The molecule has 15 heavy (non-hydrogen) atoms. The van der Waals surface area contributed by atoms with Crippen LogP contribution in [0.1, 0.15) is 6.42 Å². The van der Waals surface area contributed by atoms with Crippen molar-refractivity contribution in [3.8, 4) is 0 Å². The van der Waals surface area contributed by atoms with Crippen molar-refractivity contribution in [1.82, 2.24) is 20.9 Å². The van der Waals surface area contributed by atoms with Gasteiger partial charge in [0.15, 0.2) is 0 Å². The molecule has 0 aromatic rings. The molecule has 0 aromatic heterocycles. The molecule has 3 rings (SSSR count). The van der Waals surface area contributed by atoms with Gasteiger partial charge in [-0.25, -0.2) is 0 Å². The lowest BCUT2D eigenvalue weighted by atomic mass is 9.95. The average molecular weight is 206 g/mol. The first-order valence-corrected chi connectivity index (χ1v) is 5.69. The molecule has 3 N–H and O–H groups in total. The highest BCUT2D eigenvalue weighted by molar-refractivity contribution is 5.27. The predicted octanol–water partition coefficient (Wildman–Crippen LogP) is -0.421. The SMILES string of the molecule is CNC1NC2CCN3CC=CC=C3C2N1. The molecule has 4 heteroatoms. The number of fused-ring (bicyclic) bond motifs is 3. The first kappa shape index (κ1) is 9.39. The van der Waals surface area contributed by atoms with E-state index in [0.29, 0.717) is 12.1 Å². The van der Waals surface area contributed by atoms with Crippen molar-refractivity contribution in [3.63, 3.8) is 0 Å². The van der Waals surface area contributed by atoms with E-state index in [1.165, 1.54) is 18.7 Å². The second-order valence-corrected chi connectivity index (χ2v) is 4.39. The second kappa shape index (κ2) is 3.63. The van der Waals surface area contributed by atoms with Crippen LogP contribution in [0.2, 0.25) is 0 Å². The molecule has 4 nitrogen and oxygen atoms in total. The molecular weight excluding hydrogens is 188 g/mol. The van der Waals surface area contributed by atoms with Gasteiger partial charge in [-0.15, -0.1) is 0 Å². The molecule has 2 saturated heterocycles. The third-order valence-corrected chi connectivity index (χ3v) is 3.54. The molecule has 0 amide bonds. The number of rotatable bonds is 1. The summed E-state index contributed by atoms with van der Waals surface area (Å²) in [6, 6.07) is 1.05. The van der Waals surface area contributed by atoms with E-state index in [2.05, 4.69) is 39.1 Å². The molecule has 0 bridgehead atoms. The van der Waals surface area contributed by atoms with Crippen LogP contribution >= 0.6 is 0 Å². The third-order valence-electron chi connectivity index (χ3n) is 3.54. The Bertz CT molecular complexity index is 310. The van der Waals surface area contributed by atoms with Gasteiger partial charge in [0.1, 0.15) is 6.29 Å². The first-order chi connectivity index (χ1) is 7.38. The minimum absolute atomic E-state index is 0.256. The van der Waals surface area contributed by atoms with E-state index in [-0.39, 0.29) is 6.29 Å². The first-order valence-electron chi connectivity index (χ1n) is 5.69. The maximum absolute atomic E-state index is 3.58. The molecular formula is C11H18N4. The Hall–Kier alpha value is -0.840. The molecule has 0 spiro atoms. The zero-order valence-electron chi connectivity index (χ0n) is 9.03. The summed E-state index contributed by atoms with van der Waals surface area (Å²) in [6.45, 7) is 2.24. The molecule has 3 aliphatic heterocycles. The van der Waals surface area contributed by atoms with Crippen molar-refractivity contribution in [1.29, 1.82) is 0 Å². The second-order valence-electron chi connectivity index (χ2n) is 4.39. The van der Waals surface area contributed by atoms with Gasteiger partial charge in [0, 0.05) is 24.8 Å². The molecule has 3 unspecified atom stereocenters. The van der Waals surface area contributed by atoms with Gasteiger partial charge in [-0.2, -0.15) is 0 Å². The summed E-state index contributed by atoms with van der Waals surface area (Å²) >= 11 is 0. The van der Waals surface area contributed by atoms with E-state index in [9.17, 15) is 0 Å². The normalized spacial score (nSPS) is 38.6. The van der Waals surface area contributed by atoms with Crippen molar-refractivity contribution >= 4 is 0 Å². The van der Waals surface area contributed by atoms with Crippen molar-refractivity contribution in [2.45, 2.75) is 24.8 Å². The summed E-state index contributed by atoms with van der Waals surface area (Å²) < 4.78 is 0. The Morgan fingerprint density at radius 3 is 3.27 bits per heavy atom. The fourth-order valence-corrected chi connectivity index (χ4v) is 2.74. The molecule has 0 radical (unpaired) electrons. The Balaban J connectivity index is 1.83. The van der Waals surface area contributed by atoms with E-state index >= 15 is 0 Å². The van der Waals surface area contributed by atoms with Gasteiger partial charge in [0.25, 0.3) is 0 Å². The van der Waals surface area contributed by atoms with Gasteiger partial charge in [-0.1, -0.05) is 12.2 Å². The molecule has 3 aliphatic rings. The summed E-state index contributed by atoms with van der Waals surface area (Å²) in [6.07, 6.45) is 8.12. The van der Waals surface area contributed by atoms with Gasteiger partial charge in [0.05, 0.1) is 6.04 Å². The van der Waals surface area contributed by atoms with Crippen molar-refractivity contribution in [2.24, 2.45) is 0 Å². The number of nitrogens with one attached hydrogen (secondary N) is 3. The largest absolute Gasteiger partial charge is 0.370 e. The predicted molar refractivity (Wildman–Crippen MR) is 60.1 cm³/mol. The van der Waals surface area contributed by atoms with E-state index in [4.69, 9.17) is 0 Å². The van der Waals surface area contributed by atoms with Crippen molar-refractivity contribution < 1.29 is 0 Å². The summed E-state index contributed by atoms with van der Waals surface area (Å²) in [7, 11) is 1.98. The Morgan fingerprint density at radius 1 is 1.47 bits per heavy atom. The smallest absolute Gasteiger partial charge is 0.112 e. The zero-order valence-corrected chi connectivity index (χ0v) is 9.03. The van der Waals surface area contributed by atoms with E-state index in [1.54, 1.807) is 0 Å². The molecule has 0 aliphatic carbocycles. The third kappa shape index (κ3) is 1.49. The quantitative estimate of drug-likeness (QED) is 0.545. The highest BCUT2D eigenvalue weighted by Gasteiger charge is 2.39. The minimum atomic E-state index is 0.256. The fourth-order valence-electron chi connectivity index (χ4n) is 2.74. The van der Waals surface area contributed by atoms with E-state index in [1.807, 2.05) is 7.05 Å². The number of nitrogens with zero attached hydrogens (tertiary/aromatic N) is 1. The molecule has 3 heterocycles.